The number of halogens is 1. The number of rotatable bonds is 6. The van der Waals surface area contributed by atoms with Gasteiger partial charge in [-0.2, -0.15) is 0 Å². The molecule has 1 aliphatic carbocycles. The van der Waals surface area contributed by atoms with Crippen LogP contribution in [0.15, 0.2) is 24.3 Å². The normalized spacial score (nSPS) is 18.1. The van der Waals surface area contributed by atoms with E-state index in [9.17, 15) is 4.79 Å². The summed E-state index contributed by atoms with van der Waals surface area (Å²) in [7, 11) is 0. The van der Waals surface area contributed by atoms with Crippen LogP contribution in [-0.4, -0.2) is 51.8 Å². The van der Waals surface area contributed by atoms with Crippen LogP contribution in [0.3, 0.4) is 0 Å². The number of hydrogen-bond donors (Lipinski definition) is 1. The standard InChI is InChI=1S/C20H26ClN5O/c1-2-22-13-14-9-11-25(12-10-14)20(27)18-23-19(15-7-8-15)26(24-18)17-6-4-3-5-16(17)21/h3-6,14-15,22H,2,7-13H2,1H3. The van der Waals surface area contributed by atoms with Crippen LogP contribution < -0.4 is 5.32 Å². The monoisotopic (exact) mass is 387 g/mol. The van der Waals surface area contributed by atoms with E-state index in [0.29, 0.717) is 22.7 Å². The molecule has 0 spiro atoms. The molecule has 1 aromatic heterocycles. The fourth-order valence-electron chi connectivity index (χ4n) is 3.65. The number of amides is 1. The van der Waals surface area contributed by atoms with E-state index in [2.05, 4.69) is 22.3 Å². The van der Waals surface area contributed by atoms with Gasteiger partial charge in [0.1, 0.15) is 5.82 Å². The predicted octanol–water partition coefficient (Wildman–Crippen LogP) is 3.26. The van der Waals surface area contributed by atoms with E-state index in [4.69, 9.17) is 11.6 Å². The first kappa shape index (κ1) is 18.4. The van der Waals surface area contributed by atoms with E-state index in [0.717, 1.165) is 63.4 Å². The minimum absolute atomic E-state index is 0.0652. The number of hydrogen-bond acceptors (Lipinski definition) is 4. The molecule has 1 saturated heterocycles. The van der Waals surface area contributed by atoms with Crippen LogP contribution in [0, 0.1) is 5.92 Å². The predicted molar refractivity (Wildman–Crippen MR) is 106 cm³/mol. The van der Waals surface area contributed by atoms with Gasteiger partial charge in [-0.1, -0.05) is 30.7 Å². The summed E-state index contributed by atoms with van der Waals surface area (Å²) in [5.41, 5.74) is 0.789. The third kappa shape index (κ3) is 4.01. The molecule has 0 radical (unpaired) electrons. The van der Waals surface area contributed by atoms with Crippen molar-refractivity contribution in [3.05, 3.63) is 40.9 Å². The molecule has 1 amide bonds. The molecule has 2 aromatic rings. The van der Waals surface area contributed by atoms with Crippen LogP contribution in [0.25, 0.3) is 5.69 Å². The summed E-state index contributed by atoms with van der Waals surface area (Å²) in [6.45, 7) is 5.69. The molecule has 27 heavy (non-hydrogen) atoms. The van der Waals surface area contributed by atoms with E-state index in [1.807, 2.05) is 29.2 Å². The zero-order valence-corrected chi connectivity index (χ0v) is 16.5. The second-order valence-electron chi connectivity index (χ2n) is 7.47. The lowest BCUT2D eigenvalue weighted by molar-refractivity contribution is 0.0678. The van der Waals surface area contributed by atoms with Gasteiger partial charge in [-0.05, 0) is 56.8 Å². The SMILES string of the molecule is CCNCC1CCN(C(=O)c2nc(C3CC3)n(-c3ccccc3Cl)n2)CC1. The fourth-order valence-corrected chi connectivity index (χ4v) is 3.87. The van der Waals surface area contributed by atoms with Crippen molar-refractivity contribution in [2.45, 2.75) is 38.5 Å². The zero-order chi connectivity index (χ0) is 18.8. The number of likely N-dealkylation sites (tertiary alicyclic amines) is 1. The van der Waals surface area contributed by atoms with Crippen LogP contribution in [0.5, 0.6) is 0 Å². The Morgan fingerprint density at radius 3 is 2.63 bits per heavy atom. The lowest BCUT2D eigenvalue weighted by atomic mass is 9.97. The van der Waals surface area contributed by atoms with Gasteiger partial charge < -0.3 is 10.2 Å². The molecule has 2 heterocycles. The van der Waals surface area contributed by atoms with Crippen molar-refractivity contribution in [3.63, 3.8) is 0 Å². The smallest absolute Gasteiger partial charge is 0.293 e. The largest absolute Gasteiger partial charge is 0.336 e. The number of nitrogens with one attached hydrogen (secondary N) is 1. The maximum Gasteiger partial charge on any atom is 0.293 e. The van der Waals surface area contributed by atoms with Gasteiger partial charge in [0.15, 0.2) is 0 Å². The third-order valence-corrected chi connectivity index (χ3v) is 5.75. The average molecular weight is 388 g/mol. The Bertz CT molecular complexity index is 808. The van der Waals surface area contributed by atoms with E-state index in [-0.39, 0.29) is 5.91 Å². The number of aromatic nitrogens is 3. The number of nitrogens with zero attached hydrogens (tertiary/aromatic N) is 4. The molecular weight excluding hydrogens is 362 g/mol. The Kier molecular flexibility index (Phi) is 5.45. The first-order valence-corrected chi connectivity index (χ1v) is 10.3. The minimum Gasteiger partial charge on any atom is -0.336 e. The quantitative estimate of drug-likeness (QED) is 0.826. The highest BCUT2D eigenvalue weighted by atomic mass is 35.5. The van der Waals surface area contributed by atoms with Crippen LogP contribution in [-0.2, 0) is 0 Å². The number of piperidine rings is 1. The molecule has 1 N–H and O–H groups in total. The number of carbonyl (C=O) groups is 1. The number of para-hydroxylation sites is 1. The lowest BCUT2D eigenvalue weighted by Crippen LogP contribution is -2.41. The van der Waals surface area contributed by atoms with E-state index in [1.54, 1.807) is 4.68 Å². The second-order valence-corrected chi connectivity index (χ2v) is 7.88. The zero-order valence-electron chi connectivity index (χ0n) is 15.7. The van der Waals surface area contributed by atoms with E-state index in [1.165, 1.54) is 0 Å². The van der Waals surface area contributed by atoms with Crippen molar-refractivity contribution >= 4 is 17.5 Å². The summed E-state index contributed by atoms with van der Waals surface area (Å²) in [5.74, 6) is 2.10. The molecule has 1 saturated carbocycles. The minimum atomic E-state index is -0.0652. The van der Waals surface area contributed by atoms with Crippen molar-refractivity contribution in [1.29, 1.82) is 0 Å². The molecule has 0 unspecified atom stereocenters. The second kappa shape index (κ2) is 7.98. The highest BCUT2D eigenvalue weighted by molar-refractivity contribution is 6.32. The van der Waals surface area contributed by atoms with Gasteiger partial charge in [-0.15, -0.1) is 5.10 Å². The molecule has 0 atom stereocenters. The van der Waals surface area contributed by atoms with Gasteiger partial charge in [0.05, 0.1) is 10.7 Å². The van der Waals surface area contributed by atoms with Crippen molar-refractivity contribution in [2.24, 2.45) is 5.92 Å². The van der Waals surface area contributed by atoms with Crippen molar-refractivity contribution in [1.82, 2.24) is 25.0 Å². The van der Waals surface area contributed by atoms with Gasteiger partial charge in [0, 0.05) is 19.0 Å². The molecule has 4 rings (SSSR count). The molecule has 144 valence electrons. The Morgan fingerprint density at radius 2 is 1.96 bits per heavy atom. The maximum absolute atomic E-state index is 13.0. The van der Waals surface area contributed by atoms with Gasteiger partial charge in [0.2, 0.25) is 5.82 Å². The van der Waals surface area contributed by atoms with Gasteiger partial charge in [-0.25, -0.2) is 9.67 Å². The Labute approximate surface area is 164 Å². The molecule has 6 nitrogen and oxygen atoms in total. The van der Waals surface area contributed by atoms with E-state index < -0.39 is 0 Å². The molecule has 2 fully saturated rings. The maximum atomic E-state index is 13.0. The van der Waals surface area contributed by atoms with Crippen LogP contribution in [0.4, 0.5) is 0 Å². The highest BCUT2D eigenvalue weighted by Gasteiger charge is 2.33. The summed E-state index contributed by atoms with van der Waals surface area (Å²) in [6, 6.07) is 7.58. The van der Waals surface area contributed by atoms with E-state index >= 15 is 0 Å². The first-order valence-electron chi connectivity index (χ1n) is 9.89. The average Bonchev–Trinajstić information content (AvgIpc) is 3.45. The Hall–Kier alpha value is -1.92. The number of benzene rings is 1. The molecular formula is C20H26ClN5O. The van der Waals surface area contributed by atoms with Crippen LogP contribution >= 0.6 is 11.6 Å². The highest BCUT2D eigenvalue weighted by Crippen LogP contribution is 2.40. The van der Waals surface area contributed by atoms with Gasteiger partial charge >= 0.3 is 0 Å². The summed E-state index contributed by atoms with van der Waals surface area (Å²) < 4.78 is 1.77. The summed E-state index contributed by atoms with van der Waals surface area (Å²) in [5, 5.41) is 8.59. The van der Waals surface area contributed by atoms with Crippen LogP contribution in [0.1, 0.15) is 55.0 Å². The topological polar surface area (TPSA) is 63.1 Å². The Morgan fingerprint density at radius 1 is 1.22 bits per heavy atom. The summed E-state index contributed by atoms with van der Waals surface area (Å²) >= 11 is 6.36. The lowest BCUT2D eigenvalue weighted by Gasteiger charge is -2.31. The van der Waals surface area contributed by atoms with Gasteiger partial charge in [-0.3, -0.25) is 4.79 Å². The fraction of sp³-hybridized carbons (Fsp3) is 0.550. The molecule has 0 bridgehead atoms. The summed E-state index contributed by atoms with van der Waals surface area (Å²) in [6.07, 6.45) is 4.23. The molecule has 1 aliphatic heterocycles. The van der Waals surface area contributed by atoms with Gasteiger partial charge in [0.25, 0.3) is 5.91 Å². The van der Waals surface area contributed by atoms with Crippen LogP contribution in [0.2, 0.25) is 5.02 Å². The molecule has 7 heteroatoms. The third-order valence-electron chi connectivity index (χ3n) is 5.43. The Balaban J connectivity index is 1.52. The molecule has 1 aromatic carbocycles. The first-order chi connectivity index (χ1) is 13.2. The molecule has 2 aliphatic rings. The number of carbonyl (C=O) groups excluding carboxylic acids is 1. The van der Waals surface area contributed by atoms with Crippen molar-refractivity contribution in [2.75, 3.05) is 26.2 Å². The van der Waals surface area contributed by atoms with Crippen molar-refractivity contribution in [3.8, 4) is 5.69 Å². The summed E-state index contributed by atoms with van der Waals surface area (Å²) in [4.78, 5) is 19.5. The van der Waals surface area contributed by atoms with Crippen molar-refractivity contribution < 1.29 is 4.79 Å².